The SMILES string of the molecule is CC1(C)CC(C#N)(NCC2CCCO2)c2ccccc2O1. The quantitative estimate of drug-likeness (QED) is 0.928. The van der Waals surface area contributed by atoms with Crippen LogP contribution in [0.15, 0.2) is 24.3 Å². The summed E-state index contributed by atoms with van der Waals surface area (Å²) < 4.78 is 11.7. The molecule has 1 aromatic rings. The van der Waals surface area contributed by atoms with E-state index in [0.29, 0.717) is 13.0 Å². The molecule has 2 aliphatic heterocycles. The van der Waals surface area contributed by atoms with Crippen molar-refractivity contribution in [3.8, 4) is 11.8 Å². The molecule has 1 fully saturated rings. The van der Waals surface area contributed by atoms with Gasteiger partial charge in [0.05, 0.1) is 12.2 Å². The molecule has 0 spiro atoms. The Labute approximate surface area is 126 Å². The lowest BCUT2D eigenvalue weighted by atomic mass is 9.78. The van der Waals surface area contributed by atoms with Crippen molar-refractivity contribution in [3.63, 3.8) is 0 Å². The monoisotopic (exact) mass is 286 g/mol. The van der Waals surface area contributed by atoms with E-state index in [0.717, 1.165) is 30.8 Å². The number of rotatable bonds is 3. The van der Waals surface area contributed by atoms with Crippen molar-refractivity contribution in [2.45, 2.75) is 50.4 Å². The second-order valence-corrected chi connectivity index (χ2v) is 6.57. The summed E-state index contributed by atoms with van der Waals surface area (Å²) in [5.74, 6) is 0.801. The van der Waals surface area contributed by atoms with E-state index in [1.165, 1.54) is 0 Å². The molecule has 2 aliphatic rings. The highest BCUT2D eigenvalue weighted by atomic mass is 16.5. The minimum atomic E-state index is -0.704. The fourth-order valence-electron chi connectivity index (χ4n) is 3.37. The van der Waals surface area contributed by atoms with Crippen LogP contribution in [0.3, 0.4) is 0 Å². The number of fused-ring (bicyclic) bond motifs is 1. The fourth-order valence-corrected chi connectivity index (χ4v) is 3.37. The van der Waals surface area contributed by atoms with E-state index in [1.54, 1.807) is 0 Å². The molecule has 1 N–H and O–H groups in total. The van der Waals surface area contributed by atoms with Crippen molar-refractivity contribution in [1.82, 2.24) is 5.32 Å². The number of nitrogens with zero attached hydrogens (tertiary/aromatic N) is 1. The first-order chi connectivity index (χ1) is 10.0. The molecule has 0 saturated carbocycles. The molecule has 3 rings (SSSR count). The van der Waals surface area contributed by atoms with E-state index in [2.05, 4.69) is 11.4 Å². The van der Waals surface area contributed by atoms with Gasteiger partial charge in [-0.1, -0.05) is 18.2 Å². The van der Waals surface area contributed by atoms with Crippen LogP contribution in [0.4, 0.5) is 0 Å². The normalized spacial score (nSPS) is 30.2. The lowest BCUT2D eigenvalue weighted by Gasteiger charge is -2.43. The third-order valence-electron chi connectivity index (χ3n) is 4.27. The molecule has 112 valence electrons. The van der Waals surface area contributed by atoms with Gasteiger partial charge in [-0.25, -0.2) is 0 Å². The average molecular weight is 286 g/mol. The topological polar surface area (TPSA) is 54.3 Å². The maximum atomic E-state index is 9.89. The Morgan fingerprint density at radius 1 is 1.38 bits per heavy atom. The average Bonchev–Trinajstić information content (AvgIpc) is 2.97. The zero-order chi connectivity index (χ0) is 14.9. The van der Waals surface area contributed by atoms with Crippen LogP contribution in [-0.4, -0.2) is 24.9 Å². The Hall–Kier alpha value is -1.57. The first kappa shape index (κ1) is 14.4. The molecule has 0 radical (unpaired) electrons. The summed E-state index contributed by atoms with van der Waals surface area (Å²) in [4.78, 5) is 0. The van der Waals surface area contributed by atoms with E-state index in [1.807, 2.05) is 38.1 Å². The highest BCUT2D eigenvalue weighted by Gasteiger charge is 2.45. The molecule has 0 aliphatic carbocycles. The van der Waals surface area contributed by atoms with E-state index < -0.39 is 5.54 Å². The Kier molecular flexibility index (Phi) is 3.64. The summed E-state index contributed by atoms with van der Waals surface area (Å²) in [7, 11) is 0. The molecule has 4 nitrogen and oxygen atoms in total. The zero-order valence-electron chi connectivity index (χ0n) is 12.7. The van der Waals surface area contributed by atoms with Crippen LogP contribution in [0.1, 0.15) is 38.7 Å². The fraction of sp³-hybridized carbons (Fsp3) is 0.588. The van der Waals surface area contributed by atoms with Gasteiger partial charge in [-0.2, -0.15) is 5.26 Å². The van der Waals surface area contributed by atoms with Gasteiger partial charge in [-0.3, -0.25) is 5.32 Å². The Bertz CT molecular complexity index is 558. The predicted octanol–water partition coefficient (Wildman–Crippen LogP) is 2.74. The number of para-hydroxylation sites is 1. The predicted molar refractivity (Wildman–Crippen MR) is 80.0 cm³/mol. The molecule has 1 saturated heterocycles. The standard InChI is InChI=1S/C17H22N2O2/c1-16(2)11-17(12-18,19-10-13-6-5-9-20-13)14-7-3-4-8-15(14)21-16/h3-4,7-8,13,19H,5-6,9-11H2,1-2H3. The summed E-state index contributed by atoms with van der Waals surface area (Å²) in [6.45, 7) is 5.60. The van der Waals surface area contributed by atoms with Gasteiger partial charge < -0.3 is 9.47 Å². The Morgan fingerprint density at radius 3 is 2.90 bits per heavy atom. The highest BCUT2D eigenvalue weighted by molar-refractivity contribution is 5.46. The molecule has 2 heterocycles. The summed E-state index contributed by atoms with van der Waals surface area (Å²) in [5, 5.41) is 13.4. The first-order valence-electron chi connectivity index (χ1n) is 7.61. The summed E-state index contributed by atoms with van der Waals surface area (Å²) in [5.41, 5.74) is -0.136. The van der Waals surface area contributed by atoms with Gasteiger partial charge >= 0.3 is 0 Å². The van der Waals surface area contributed by atoms with Gasteiger partial charge in [0, 0.05) is 25.1 Å². The maximum Gasteiger partial charge on any atom is 0.139 e. The van der Waals surface area contributed by atoms with Gasteiger partial charge in [-0.15, -0.1) is 0 Å². The number of hydrogen-bond donors (Lipinski definition) is 1. The highest BCUT2D eigenvalue weighted by Crippen LogP contribution is 2.43. The van der Waals surface area contributed by atoms with Gasteiger partial charge in [-0.05, 0) is 32.8 Å². The van der Waals surface area contributed by atoms with Crippen molar-refractivity contribution in [2.24, 2.45) is 0 Å². The van der Waals surface area contributed by atoms with Crippen LogP contribution in [0.5, 0.6) is 5.75 Å². The van der Waals surface area contributed by atoms with E-state index in [-0.39, 0.29) is 11.7 Å². The maximum absolute atomic E-state index is 9.89. The number of ether oxygens (including phenoxy) is 2. The molecule has 2 atom stereocenters. The third-order valence-corrected chi connectivity index (χ3v) is 4.27. The number of nitrogens with one attached hydrogen (secondary N) is 1. The van der Waals surface area contributed by atoms with Crippen LogP contribution >= 0.6 is 0 Å². The minimum absolute atomic E-state index is 0.216. The molecule has 0 bridgehead atoms. The Balaban J connectivity index is 1.90. The molecule has 4 heteroatoms. The van der Waals surface area contributed by atoms with Gasteiger partial charge in [0.2, 0.25) is 0 Å². The van der Waals surface area contributed by atoms with E-state index >= 15 is 0 Å². The van der Waals surface area contributed by atoms with Crippen LogP contribution in [-0.2, 0) is 10.3 Å². The number of benzene rings is 1. The smallest absolute Gasteiger partial charge is 0.139 e. The minimum Gasteiger partial charge on any atom is -0.487 e. The van der Waals surface area contributed by atoms with Crippen LogP contribution in [0.2, 0.25) is 0 Å². The molecule has 0 aromatic heterocycles. The van der Waals surface area contributed by atoms with E-state index in [9.17, 15) is 5.26 Å². The molecular weight excluding hydrogens is 264 g/mol. The number of hydrogen-bond acceptors (Lipinski definition) is 4. The number of nitriles is 1. The van der Waals surface area contributed by atoms with Crippen molar-refractivity contribution < 1.29 is 9.47 Å². The first-order valence-corrected chi connectivity index (χ1v) is 7.61. The molecule has 0 amide bonds. The van der Waals surface area contributed by atoms with Crippen molar-refractivity contribution >= 4 is 0 Å². The summed E-state index contributed by atoms with van der Waals surface area (Å²) in [6, 6.07) is 10.3. The van der Waals surface area contributed by atoms with Gasteiger partial charge in [0.15, 0.2) is 0 Å². The molecular formula is C17H22N2O2. The lowest BCUT2D eigenvalue weighted by molar-refractivity contribution is 0.0412. The lowest BCUT2D eigenvalue weighted by Crippen LogP contribution is -2.53. The van der Waals surface area contributed by atoms with Crippen molar-refractivity contribution in [2.75, 3.05) is 13.2 Å². The largest absolute Gasteiger partial charge is 0.487 e. The zero-order valence-corrected chi connectivity index (χ0v) is 12.7. The van der Waals surface area contributed by atoms with Crippen LogP contribution in [0.25, 0.3) is 0 Å². The second-order valence-electron chi connectivity index (χ2n) is 6.57. The molecule has 1 aromatic carbocycles. The van der Waals surface area contributed by atoms with Crippen molar-refractivity contribution in [1.29, 1.82) is 5.26 Å². The summed E-state index contributed by atoms with van der Waals surface area (Å²) >= 11 is 0. The van der Waals surface area contributed by atoms with Crippen LogP contribution < -0.4 is 10.1 Å². The molecule has 2 unspecified atom stereocenters. The van der Waals surface area contributed by atoms with E-state index in [4.69, 9.17) is 9.47 Å². The van der Waals surface area contributed by atoms with Gasteiger partial charge in [0.1, 0.15) is 16.9 Å². The van der Waals surface area contributed by atoms with Crippen LogP contribution in [0, 0.1) is 11.3 Å². The molecule has 21 heavy (non-hydrogen) atoms. The third kappa shape index (κ3) is 2.76. The summed E-state index contributed by atoms with van der Waals surface area (Å²) in [6.07, 6.45) is 3.02. The second kappa shape index (κ2) is 5.32. The van der Waals surface area contributed by atoms with Crippen molar-refractivity contribution in [3.05, 3.63) is 29.8 Å². The van der Waals surface area contributed by atoms with Gasteiger partial charge in [0.25, 0.3) is 0 Å². The Morgan fingerprint density at radius 2 is 2.19 bits per heavy atom.